The summed E-state index contributed by atoms with van der Waals surface area (Å²) < 4.78 is 0. The molecule has 4 amide bonds. The molecule has 2 N–H and O–H groups in total. The summed E-state index contributed by atoms with van der Waals surface area (Å²) in [5, 5.41) is 0. The van der Waals surface area contributed by atoms with E-state index < -0.39 is 23.4 Å². The molecule has 3 heterocycles. The van der Waals surface area contributed by atoms with Gasteiger partial charge >= 0.3 is 6.03 Å². The highest BCUT2D eigenvalue weighted by atomic mass is 16.2. The number of aliphatic imine (C=N–C) groups is 1. The second-order valence-corrected chi connectivity index (χ2v) is 7.97. The molecule has 0 bridgehead atoms. The Balaban J connectivity index is 1.65. The van der Waals surface area contributed by atoms with E-state index >= 15 is 0 Å². The van der Waals surface area contributed by atoms with Crippen molar-refractivity contribution in [3.05, 3.63) is 30.7 Å². The van der Waals surface area contributed by atoms with Crippen molar-refractivity contribution in [1.29, 1.82) is 0 Å². The molecule has 8 nitrogen and oxygen atoms in total. The van der Waals surface area contributed by atoms with Gasteiger partial charge in [0, 0.05) is 37.7 Å². The van der Waals surface area contributed by atoms with Crippen LogP contribution in [0.15, 0.2) is 29.3 Å². The largest absolute Gasteiger partial charge is 0.367 e. The molecule has 2 fully saturated rings. The summed E-state index contributed by atoms with van der Waals surface area (Å²) in [7, 11) is 0. The first-order chi connectivity index (χ1) is 13.9. The molecule has 0 saturated carbocycles. The van der Waals surface area contributed by atoms with Gasteiger partial charge < -0.3 is 15.5 Å². The Labute approximate surface area is 170 Å². The summed E-state index contributed by atoms with van der Waals surface area (Å²) in [6.45, 7) is 6.28. The molecule has 1 aromatic carbocycles. The Morgan fingerprint density at radius 1 is 1.10 bits per heavy atom. The Kier molecular flexibility index (Phi) is 4.80. The van der Waals surface area contributed by atoms with Gasteiger partial charge in [0.05, 0.1) is 5.69 Å². The number of carbonyl (C=O) groups excluding carboxylic acids is 3. The van der Waals surface area contributed by atoms with E-state index in [2.05, 4.69) is 23.7 Å². The lowest BCUT2D eigenvalue weighted by atomic mass is 9.86. The van der Waals surface area contributed by atoms with Crippen LogP contribution >= 0.6 is 0 Å². The van der Waals surface area contributed by atoms with Gasteiger partial charge in [-0.1, -0.05) is 13.8 Å². The van der Waals surface area contributed by atoms with Gasteiger partial charge in [-0.15, -0.1) is 0 Å². The van der Waals surface area contributed by atoms with Gasteiger partial charge in [0.15, 0.2) is 0 Å². The van der Waals surface area contributed by atoms with Gasteiger partial charge in [-0.25, -0.2) is 9.69 Å². The third kappa shape index (κ3) is 2.89. The normalized spacial score (nSPS) is 24.8. The molecule has 3 aliphatic heterocycles. The molecule has 1 atom stereocenters. The maximum Gasteiger partial charge on any atom is 0.332 e. The van der Waals surface area contributed by atoms with Crippen LogP contribution < -0.4 is 15.5 Å². The Bertz CT molecular complexity index is 879. The number of imide groups is 1. The Morgan fingerprint density at radius 2 is 1.79 bits per heavy atom. The first-order valence-corrected chi connectivity index (χ1v) is 10.1. The lowest BCUT2D eigenvalue weighted by Crippen LogP contribution is -2.61. The molecule has 2 saturated heterocycles. The number of benzene rings is 1. The molecule has 0 spiro atoms. The highest BCUT2D eigenvalue weighted by Gasteiger charge is 2.62. The van der Waals surface area contributed by atoms with E-state index in [1.165, 1.54) is 4.90 Å². The van der Waals surface area contributed by atoms with Crippen LogP contribution in [-0.4, -0.2) is 53.8 Å². The smallest absolute Gasteiger partial charge is 0.332 e. The molecule has 1 aromatic rings. The van der Waals surface area contributed by atoms with Crippen molar-refractivity contribution < 1.29 is 14.4 Å². The maximum absolute atomic E-state index is 13.1. The molecule has 0 aromatic heterocycles. The fourth-order valence-corrected chi connectivity index (χ4v) is 4.40. The summed E-state index contributed by atoms with van der Waals surface area (Å²) in [5.41, 5.74) is 5.31. The molecule has 8 heteroatoms. The lowest BCUT2D eigenvalue weighted by molar-refractivity contribution is -0.136. The zero-order valence-corrected chi connectivity index (χ0v) is 16.8. The number of anilines is 2. The highest BCUT2D eigenvalue weighted by Crippen LogP contribution is 2.38. The summed E-state index contributed by atoms with van der Waals surface area (Å²) in [5.74, 6) is -0.0547. The predicted molar refractivity (Wildman–Crippen MR) is 111 cm³/mol. The van der Waals surface area contributed by atoms with E-state index in [1.54, 1.807) is 18.6 Å². The third-order valence-corrected chi connectivity index (χ3v) is 5.80. The summed E-state index contributed by atoms with van der Waals surface area (Å²) in [6, 6.07) is 6.75. The van der Waals surface area contributed by atoms with E-state index in [0.29, 0.717) is 31.0 Å². The third-order valence-electron chi connectivity index (χ3n) is 5.80. The minimum absolute atomic E-state index is 0.304. The number of fused-ring (bicyclic) bond motifs is 1. The van der Waals surface area contributed by atoms with Gasteiger partial charge in [0.2, 0.25) is 5.54 Å². The number of amidine groups is 1. The van der Waals surface area contributed by atoms with Crippen molar-refractivity contribution in [2.75, 3.05) is 29.4 Å². The minimum atomic E-state index is -1.67. The van der Waals surface area contributed by atoms with Crippen LogP contribution in [0.25, 0.3) is 0 Å². The number of rotatable bonds is 4. The van der Waals surface area contributed by atoms with Crippen molar-refractivity contribution in [3.63, 3.8) is 0 Å². The summed E-state index contributed by atoms with van der Waals surface area (Å²) in [6.07, 6.45) is 3.82. The van der Waals surface area contributed by atoms with Gasteiger partial charge in [-0.2, -0.15) is 0 Å². The molecule has 29 heavy (non-hydrogen) atoms. The Morgan fingerprint density at radius 3 is 2.41 bits per heavy atom. The van der Waals surface area contributed by atoms with Gasteiger partial charge in [-0.05, 0) is 43.5 Å². The number of amides is 4. The number of nitrogens with two attached hydrogens (primary N) is 1. The van der Waals surface area contributed by atoms with Gasteiger partial charge in [0.1, 0.15) is 5.84 Å². The molecule has 3 aliphatic rings. The number of primary amides is 1. The van der Waals surface area contributed by atoms with Gasteiger partial charge in [-0.3, -0.25) is 14.6 Å². The van der Waals surface area contributed by atoms with Crippen LogP contribution in [0.2, 0.25) is 0 Å². The lowest BCUT2D eigenvalue weighted by Gasteiger charge is -2.35. The molecular formula is C21H26N5O3. The highest BCUT2D eigenvalue weighted by molar-refractivity contribution is 6.31. The zero-order chi connectivity index (χ0) is 20.8. The number of nitrogens with zero attached hydrogens (tertiary/aromatic N) is 4. The van der Waals surface area contributed by atoms with Crippen molar-refractivity contribution in [1.82, 2.24) is 4.90 Å². The second-order valence-electron chi connectivity index (χ2n) is 7.97. The Hall–Kier alpha value is -2.90. The van der Waals surface area contributed by atoms with Crippen LogP contribution in [0.3, 0.4) is 0 Å². The molecule has 4 rings (SSSR count). The van der Waals surface area contributed by atoms with E-state index in [-0.39, 0.29) is 0 Å². The quantitative estimate of drug-likeness (QED) is 0.621. The standard InChI is InChI=1S/C21H26N5O3/c1-14(2)17-23-11-5-12-24(17)15-6-8-16(9-7-15)26-19(28)21(18(22)27)10-3-4-13-25(21)20(26)29/h6-10,14H,3-5,11-13H2,1-2H3,(H2,22,27)/t21-/m0/s1. The van der Waals surface area contributed by atoms with E-state index in [1.807, 2.05) is 12.1 Å². The number of hydrogen-bond acceptors (Lipinski definition) is 5. The molecular weight excluding hydrogens is 370 g/mol. The SMILES string of the molecule is CC(C)C1=NCCCN1c1ccc(N2C(=O)N3CCC[CH][C@]3(C(N)=O)C2=O)cc1. The number of hydrogen-bond donors (Lipinski definition) is 1. The average Bonchev–Trinajstić information content (AvgIpc) is 2.96. The molecule has 0 aliphatic carbocycles. The predicted octanol–water partition coefficient (Wildman–Crippen LogP) is 1.94. The molecule has 0 unspecified atom stereocenters. The van der Waals surface area contributed by atoms with Crippen molar-refractivity contribution in [3.8, 4) is 0 Å². The van der Waals surface area contributed by atoms with Crippen LogP contribution in [0.1, 0.15) is 33.1 Å². The van der Waals surface area contributed by atoms with Crippen LogP contribution in [0.5, 0.6) is 0 Å². The van der Waals surface area contributed by atoms with E-state index in [9.17, 15) is 14.4 Å². The monoisotopic (exact) mass is 396 g/mol. The maximum atomic E-state index is 13.1. The molecule has 153 valence electrons. The zero-order valence-electron chi connectivity index (χ0n) is 16.8. The van der Waals surface area contributed by atoms with Crippen molar-refractivity contribution in [2.45, 2.75) is 38.6 Å². The second kappa shape index (κ2) is 7.17. The van der Waals surface area contributed by atoms with E-state index in [0.717, 1.165) is 35.9 Å². The first kappa shape index (κ1) is 19.4. The van der Waals surface area contributed by atoms with Crippen molar-refractivity contribution >= 4 is 35.1 Å². The first-order valence-electron chi connectivity index (χ1n) is 10.1. The summed E-state index contributed by atoms with van der Waals surface area (Å²) >= 11 is 0. The summed E-state index contributed by atoms with van der Waals surface area (Å²) in [4.78, 5) is 47.5. The molecule has 1 radical (unpaired) electrons. The van der Waals surface area contributed by atoms with Crippen molar-refractivity contribution in [2.24, 2.45) is 16.6 Å². The van der Waals surface area contributed by atoms with Gasteiger partial charge in [0.25, 0.3) is 11.8 Å². The topological polar surface area (TPSA) is 99.3 Å². The fourth-order valence-electron chi connectivity index (χ4n) is 4.40. The number of carbonyl (C=O) groups is 3. The number of piperidine rings is 1. The van der Waals surface area contributed by atoms with Crippen LogP contribution in [-0.2, 0) is 9.59 Å². The fraction of sp³-hybridized carbons (Fsp3) is 0.476. The van der Waals surface area contributed by atoms with Crippen LogP contribution in [0, 0.1) is 12.3 Å². The minimum Gasteiger partial charge on any atom is -0.367 e. The number of urea groups is 1. The van der Waals surface area contributed by atoms with E-state index in [4.69, 9.17) is 5.73 Å². The van der Waals surface area contributed by atoms with Crippen LogP contribution in [0.4, 0.5) is 16.2 Å². The average molecular weight is 396 g/mol.